The Morgan fingerprint density at radius 3 is 2.87 bits per heavy atom. The van der Waals surface area contributed by atoms with Crippen LogP contribution in [0, 0.1) is 5.92 Å². The molecule has 0 spiro atoms. The van der Waals surface area contributed by atoms with Gasteiger partial charge in [0.1, 0.15) is 0 Å². The van der Waals surface area contributed by atoms with Crippen LogP contribution in [-0.4, -0.2) is 36.2 Å². The zero-order valence-electron chi connectivity index (χ0n) is 10.2. The molecule has 1 rings (SSSR count). The number of nitrogens with zero attached hydrogens (tertiary/aromatic N) is 1. The molecule has 0 aromatic carbocycles. The van der Waals surface area contributed by atoms with Crippen molar-refractivity contribution in [3.05, 3.63) is 0 Å². The van der Waals surface area contributed by atoms with E-state index in [0.29, 0.717) is 6.61 Å². The number of aliphatic hydroxyl groups is 1. The molecular formula is C13H27NO. The lowest BCUT2D eigenvalue weighted by Crippen LogP contribution is -2.36. The van der Waals surface area contributed by atoms with Crippen molar-refractivity contribution in [1.29, 1.82) is 0 Å². The van der Waals surface area contributed by atoms with E-state index < -0.39 is 0 Å². The summed E-state index contributed by atoms with van der Waals surface area (Å²) < 4.78 is 0. The summed E-state index contributed by atoms with van der Waals surface area (Å²) in [5.41, 5.74) is 0. The molecule has 0 aliphatic carbocycles. The zero-order valence-corrected chi connectivity index (χ0v) is 10.2. The highest BCUT2D eigenvalue weighted by atomic mass is 16.2. The van der Waals surface area contributed by atoms with Gasteiger partial charge < -0.3 is 10.0 Å². The molecule has 1 atom stereocenters. The first-order chi connectivity index (χ1) is 7.36. The molecule has 15 heavy (non-hydrogen) atoms. The van der Waals surface area contributed by atoms with Crippen molar-refractivity contribution in [2.24, 2.45) is 5.92 Å². The summed E-state index contributed by atoms with van der Waals surface area (Å²) in [6.45, 7) is 6.51. The number of unbranched alkanes of at least 4 members (excludes halogenated alkanes) is 2. The van der Waals surface area contributed by atoms with Gasteiger partial charge in [-0.3, -0.25) is 0 Å². The zero-order chi connectivity index (χ0) is 10.9. The Balaban J connectivity index is 2.11. The molecular weight excluding hydrogens is 186 g/mol. The third-order valence-corrected chi connectivity index (χ3v) is 3.45. The summed E-state index contributed by atoms with van der Waals surface area (Å²) in [5, 5.41) is 8.82. The van der Waals surface area contributed by atoms with Crippen molar-refractivity contribution < 1.29 is 5.11 Å². The second-order valence-corrected chi connectivity index (χ2v) is 4.88. The highest BCUT2D eigenvalue weighted by molar-refractivity contribution is 4.72. The van der Waals surface area contributed by atoms with Crippen LogP contribution in [0.25, 0.3) is 0 Å². The molecule has 2 nitrogen and oxygen atoms in total. The fourth-order valence-electron chi connectivity index (χ4n) is 2.56. The highest BCUT2D eigenvalue weighted by Gasteiger charge is 2.18. The van der Waals surface area contributed by atoms with Crippen molar-refractivity contribution in [3.8, 4) is 0 Å². The largest absolute Gasteiger partial charge is 0.396 e. The molecule has 0 bridgehead atoms. The fourth-order valence-corrected chi connectivity index (χ4v) is 2.56. The number of rotatable bonds is 7. The van der Waals surface area contributed by atoms with Crippen LogP contribution in [0.2, 0.25) is 0 Å². The first-order valence-corrected chi connectivity index (χ1v) is 6.70. The summed E-state index contributed by atoms with van der Waals surface area (Å²) in [7, 11) is 0. The number of likely N-dealkylation sites (tertiary alicyclic amines) is 1. The predicted octanol–water partition coefficient (Wildman–Crippen LogP) is 2.66. The van der Waals surface area contributed by atoms with E-state index in [-0.39, 0.29) is 0 Å². The van der Waals surface area contributed by atoms with Gasteiger partial charge >= 0.3 is 0 Å². The minimum absolute atomic E-state index is 0.367. The lowest BCUT2D eigenvalue weighted by atomic mass is 9.93. The SMILES string of the molecule is CCCCCN1CCCC(CCCO)C1. The Bertz CT molecular complexity index is 149. The minimum atomic E-state index is 0.367. The molecule has 1 fully saturated rings. The smallest absolute Gasteiger partial charge is 0.0431 e. The molecule has 1 heterocycles. The molecule has 0 radical (unpaired) electrons. The van der Waals surface area contributed by atoms with Crippen LogP contribution >= 0.6 is 0 Å². The molecule has 2 heteroatoms. The second kappa shape index (κ2) is 8.12. The summed E-state index contributed by atoms with van der Waals surface area (Å²) >= 11 is 0. The molecule has 1 saturated heterocycles. The summed E-state index contributed by atoms with van der Waals surface area (Å²) in [4.78, 5) is 2.63. The maximum absolute atomic E-state index is 8.82. The monoisotopic (exact) mass is 213 g/mol. The first kappa shape index (κ1) is 13.0. The maximum atomic E-state index is 8.82. The van der Waals surface area contributed by atoms with Crippen LogP contribution in [0.15, 0.2) is 0 Å². The Kier molecular flexibility index (Phi) is 7.03. The van der Waals surface area contributed by atoms with Crippen molar-refractivity contribution in [1.82, 2.24) is 4.90 Å². The van der Waals surface area contributed by atoms with Crippen LogP contribution in [-0.2, 0) is 0 Å². The van der Waals surface area contributed by atoms with Crippen molar-refractivity contribution in [2.75, 3.05) is 26.2 Å². The Hall–Kier alpha value is -0.0800. The van der Waals surface area contributed by atoms with Crippen molar-refractivity contribution in [2.45, 2.75) is 51.9 Å². The molecule has 90 valence electrons. The lowest BCUT2D eigenvalue weighted by Gasteiger charge is -2.32. The predicted molar refractivity (Wildman–Crippen MR) is 65.0 cm³/mol. The summed E-state index contributed by atoms with van der Waals surface area (Å²) in [6, 6.07) is 0. The molecule has 1 aliphatic heterocycles. The van der Waals surface area contributed by atoms with Crippen molar-refractivity contribution in [3.63, 3.8) is 0 Å². The molecule has 0 saturated carbocycles. The van der Waals surface area contributed by atoms with E-state index in [2.05, 4.69) is 11.8 Å². The van der Waals surface area contributed by atoms with E-state index in [1.165, 1.54) is 58.2 Å². The van der Waals surface area contributed by atoms with Gasteiger partial charge in [-0.1, -0.05) is 19.8 Å². The van der Waals surface area contributed by atoms with E-state index in [0.717, 1.165) is 12.3 Å². The molecule has 0 amide bonds. The van der Waals surface area contributed by atoms with Crippen LogP contribution in [0.3, 0.4) is 0 Å². The van der Waals surface area contributed by atoms with E-state index in [9.17, 15) is 0 Å². The Morgan fingerprint density at radius 1 is 1.27 bits per heavy atom. The maximum Gasteiger partial charge on any atom is 0.0431 e. The number of aliphatic hydroxyl groups excluding tert-OH is 1. The molecule has 0 aromatic rings. The van der Waals surface area contributed by atoms with E-state index >= 15 is 0 Å². The van der Waals surface area contributed by atoms with Gasteiger partial charge in [-0.25, -0.2) is 0 Å². The van der Waals surface area contributed by atoms with E-state index in [4.69, 9.17) is 5.11 Å². The van der Waals surface area contributed by atoms with Gasteiger partial charge in [-0.05, 0) is 51.1 Å². The standard InChI is InChI=1S/C13H27NO/c1-2-3-4-9-14-10-5-7-13(12-14)8-6-11-15/h13,15H,2-12H2,1H3. The van der Waals surface area contributed by atoms with Crippen LogP contribution in [0.4, 0.5) is 0 Å². The second-order valence-electron chi connectivity index (χ2n) is 4.88. The van der Waals surface area contributed by atoms with Crippen LogP contribution in [0.1, 0.15) is 51.9 Å². The minimum Gasteiger partial charge on any atom is -0.396 e. The fraction of sp³-hybridized carbons (Fsp3) is 1.00. The van der Waals surface area contributed by atoms with Crippen LogP contribution in [0.5, 0.6) is 0 Å². The van der Waals surface area contributed by atoms with Gasteiger partial charge in [-0.15, -0.1) is 0 Å². The lowest BCUT2D eigenvalue weighted by molar-refractivity contribution is 0.157. The van der Waals surface area contributed by atoms with E-state index in [1.54, 1.807) is 0 Å². The molecule has 1 N–H and O–H groups in total. The molecule has 1 aliphatic rings. The van der Waals surface area contributed by atoms with Gasteiger partial charge in [0.25, 0.3) is 0 Å². The first-order valence-electron chi connectivity index (χ1n) is 6.70. The van der Waals surface area contributed by atoms with Crippen LogP contribution < -0.4 is 0 Å². The average molecular weight is 213 g/mol. The average Bonchev–Trinajstić information content (AvgIpc) is 2.27. The van der Waals surface area contributed by atoms with Crippen molar-refractivity contribution >= 4 is 0 Å². The van der Waals surface area contributed by atoms with Gasteiger partial charge in [0.05, 0.1) is 0 Å². The van der Waals surface area contributed by atoms with E-state index in [1.807, 2.05) is 0 Å². The van der Waals surface area contributed by atoms with Gasteiger partial charge in [-0.2, -0.15) is 0 Å². The molecule has 1 unspecified atom stereocenters. The number of piperidine rings is 1. The van der Waals surface area contributed by atoms with Gasteiger partial charge in [0.15, 0.2) is 0 Å². The topological polar surface area (TPSA) is 23.5 Å². The Morgan fingerprint density at radius 2 is 2.13 bits per heavy atom. The highest BCUT2D eigenvalue weighted by Crippen LogP contribution is 2.21. The quantitative estimate of drug-likeness (QED) is 0.657. The molecule has 0 aromatic heterocycles. The number of hydrogen-bond donors (Lipinski definition) is 1. The Labute approximate surface area is 94.7 Å². The van der Waals surface area contributed by atoms with Gasteiger partial charge in [0.2, 0.25) is 0 Å². The third kappa shape index (κ3) is 5.53. The normalized spacial score (nSPS) is 23.2. The summed E-state index contributed by atoms with van der Waals surface area (Å²) in [5.74, 6) is 0.854. The summed E-state index contributed by atoms with van der Waals surface area (Å²) in [6.07, 6.45) is 9.02. The number of hydrogen-bond acceptors (Lipinski definition) is 2. The van der Waals surface area contributed by atoms with Gasteiger partial charge in [0, 0.05) is 13.2 Å². The third-order valence-electron chi connectivity index (χ3n) is 3.45.